The molecule has 7 nitrogen and oxygen atoms in total. The molecule has 4 saturated carbocycles. The van der Waals surface area contributed by atoms with E-state index in [-0.39, 0.29) is 52.1 Å². The molecule has 1 aromatic rings. The van der Waals surface area contributed by atoms with Crippen molar-refractivity contribution in [3.8, 4) is 5.75 Å². The highest BCUT2D eigenvalue weighted by atomic mass is 32.2. The molecule has 0 spiro atoms. The Labute approximate surface area is 259 Å². The van der Waals surface area contributed by atoms with Crippen LogP contribution in [-0.4, -0.2) is 43.1 Å². The van der Waals surface area contributed by atoms with Crippen molar-refractivity contribution in [2.45, 2.75) is 115 Å². The fraction of sp³-hybridized carbons (Fsp3) is 0.788. The van der Waals surface area contributed by atoms with Crippen LogP contribution in [0.25, 0.3) is 0 Å². The maximum absolute atomic E-state index is 12.7. The van der Waals surface area contributed by atoms with Crippen molar-refractivity contribution in [3.63, 3.8) is 0 Å². The summed E-state index contributed by atoms with van der Waals surface area (Å²) >= 11 is 0. The number of benzene rings is 1. The molecule has 1 aromatic carbocycles. The molecule has 44 heavy (non-hydrogen) atoms. The molecule has 0 heterocycles. The van der Waals surface area contributed by atoms with Crippen LogP contribution in [0.1, 0.15) is 91.9 Å². The maximum atomic E-state index is 12.7. The van der Waals surface area contributed by atoms with E-state index in [9.17, 15) is 36.6 Å². The number of aliphatic hydroxyl groups is 2. The van der Waals surface area contributed by atoms with E-state index in [0.29, 0.717) is 30.1 Å². The van der Waals surface area contributed by atoms with Crippen LogP contribution in [0, 0.1) is 52.3 Å². The molecule has 248 valence electrons. The van der Waals surface area contributed by atoms with Crippen LogP contribution in [-0.2, 0) is 14.8 Å². The lowest BCUT2D eigenvalue weighted by Crippen LogP contribution is -2.62. The number of hydrogen-bond donors (Lipinski definition) is 3. The molecule has 11 heteroatoms. The lowest BCUT2D eigenvalue weighted by atomic mass is 9.41. The Hall–Kier alpha value is -1.85. The van der Waals surface area contributed by atoms with E-state index < -0.39 is 28.0 Å². The van der Waals surface area contributed by atoms with Crippen LogP contribution in [0.3, 0.4) is 0 Å². The highest BCUT2D eigenvalue weighted by Crippen LogP contribution is 2.69. The fourth-order valence-corrected chi connectivity index (χ4v) is 11.6. The number of nitrogens with one attached hydrogen (secondary N) is 1. The van der Waals surface area contributed by atoms with Crippen LogP contribution >= 0.6 is 0 Å². The number of carbonyl (C=O) groups is 1. The topological polar surface area (TPSA) is 113 Å². The van der Waals surface area contributed by atoms with Gasteiger partial charge in [0.2, 0.25) is 5.91 Å². The Morgan fingerprint density at radius 3 is 2.30 bits per heavy atom. The fourth-order valence-electron chi connectivity index (χ4n) is 10.6. The van der Waals surface area contributed by atoms with Gasteiger partial charge in [-0.05, 0) is 128 Å². The van der Waals surface area contributed by atoms with Crippen molar-refractivity contribution < 1.29 is 41.3 Å². The number of halogens is 3. The van der Waals surface area contributed by atoms with Crippen LogP contribution < -0.4 is 9.46 Å². The average molecular weight is 644 g/mol. The summed E-state index contributed by atoms with van der Waals surface area (Å²) in [6.45, 7) is 9.09. The van der Waals surface area contributed by atoms with E-state index in [0.717, 1.165) is 75.6 Å². The van der Waals surface area contributed by atoms with Gasteiger partial charge in [0.05, 0.1) is 17.1 Å². The summed E-state index contributed by atoms with van der Waals surface area (Å²) in [7, 11) is -4.24. The second-order valence-corrected chi connectivity index (χ2v) is 16.4. The molecular formula is C33H48F3NO6S. The van der Waals surface area contributed by atoms with Gasteiger partial charge in [-0.1, -0.05) is 34.1 Å². The molecule has 3 N–H and O–H groups in total. The lowest BCUT2D eigenvalue weighted by Gasteiger charge is -2.64. The standard InChI is InChI=1S/C33H48F3NO6S/c1-5-23-27-18-20(38)14-16-32(27,4)26-15-17-31(3)24(11-12-25(31)29(26)30(23)40)19(2)6-13-28(39)37-44(41,42)22-9-7-21(8-10-22)43-33(34,35)36/h7-10,19-20,23-27,29-30,38,40H,5-6,11-18H2,1-4H3,(H,37,39)/t19-,20-,23-,24?,25+,26+,27?,29+,30-,31?,32?/m1/s1. The number of fused-ring (bicyclic) bond motifs is 5. The molecule has 5 rings (SSSR count). The largest absolute Gasteiger partial charge is 0.573 e. The molecule has 11 atom stereocenters. The third-order valence-electron chi connectivity index (χ3n) is 12.6. The Balaban J connectivity index is 1.22. The zero-order valence-electron chi connectivity index (χ0n) is 26.1. The van der Waals surface area contributed by atoms with Gasteiger partial charge in [-0.2, -0.15) is 0 Å². The summed E-state index contributed by atoms with van der Waals surface area (Å²) in [6.07, 6.45) is 2.69. The number of aliphatic hydroxyl groups excluding tert-OH is 2. The summed E-state index contributed by atoms with van der Waals surface area (Å²) in [5.74, 6) is 0.913. The molecular weight excluding hydrogens is 595 g/mol. The summed E-state index contributed by atoms with van der Waals surface area (Å²) in [4.78, 5) is 12.4. The zero-order valence-corrected chi connectivity index (χ0v) is 27.0. The predicted molar refractivity (Wildman–Crippen MR) is 159 cm³/mol. The van der Waals surface area contributed by atoms with Crippen molar-refractivity contribution >= 4 is 15.9 Å². The first kappa shape index (κ1) is 33.5. The first-order valence-electron chi connectivity index (χ1n) is 16.3. The van der Waals surface area contributed by atoms with Gasteiger partial charge < -0.3 is 14.9 Å². The Kier molecular flexibility index (Phi) is 9.19. The third-order valence-corrected chi connectivity index (χ3v) is 14.0. The molecule has 0 bridgehead atoms. The predicted octanol–water partition coefficient (Wildman–Crippen LogP) is 6.43. The van der Waals surface area contributed by atoms with Crippen LogP contribution in [0.4, 0.5) is 13.2 Å². The molecule has 4 fully saturated rings. The Morgan fingerprint density at radius 2 is 1.66 bits per heavy atom. The lowest BCUT2D eigenvalue weighted by molar-refractivity contribution is -0.274. The van der Waals surface area contributed by atoms with E-state index in [1.165, 1.54) is 0 Å². The molecule has 0 aliphatic heterocycles. The second-order valence-electron chi connectivity index (χ2n) is 14.7. The minimum absolute atomic E-state index is 0.0155. The van der Waals surface area contributed by atoms with Gasteiger partial charge >= 0.3 is 6.36 Å². The van der Waals surface area contributed by atoms with Crippen molar-refractivity contribution in [3.05, 3.63) is 24.3 Å². The molecule has 4 unspecified atom stereocenters. The van der Waals surface area contributed by atoms with Crippen molar-refractivity contribution in [2.24, 2.45) is 52.3 Å². The van der Waals surface area contributed by atoms with Gasteiger partial charge in [0.1, 0.15) is 5.75 Å². The average Bonchev–Trinajstić information content (AvgIpc) is 3.29. The first-order valence-corrected chi connectivity index (χ1v) is 17.8. The minimum Gasteiger partial charge on any atom is -0.406 e. The summed E-state index contributed by atoms with van der Waals surface area (Å²) in [6, 6.07) is 3.72. The van der Waals surface area contributed by atoms with Crippen LogP contribution in [0.2, 0.25) is 0 Å². The Bertz CT molecular complexity index is 1310. The van der Waals surface area contributed by atoms with Gasteiger partial charge in [-0.25, -0.2) is 13.1 Å². The maximum Gasteiger partial charge on any atom is 0.573 e. The van der Waals surface area contributed by atoms with E-state index in [2.05, 4.69) is 37.2 Å². The molecule has 0 radical (unpaired) electrons. The summed E-state index contributed by atoms with van der Waals surface area (Å²) < 4.78 is 68.5. The van der Waals surface area contributed by atoms with Crippen molar-refractivity contribution in [1.82, 2.24) is 4.72 Å². The third kappa shape index (κ3) is 6.14. The monoisotopic (exact) mass is 643 g/mol. The van der Waals surface area contributed by atoms with E-state index in [4.69, 9.17) is 0 Å². The summed E-state index contributed by atoms with van der Waals surface area (Å²) in [5, 5.41) is 22.4. The number of carbonyl (C=O) groups excluding carboxylic acids is 1. The van der Waals surface area contributed by atoms with Crippen molar-refractivity contribution in [2.75, 3.05) is 0 Å². The number of rotatable bonds is 8. The minimum atomic E-state index is -4.89. The highest BCUT2D eigenvalue weighted by Gasteiger charge is 2.64. The molecule has 4 aliphatic rings. The SMILES string of the molecule is CC[C@@H]1C2C[C@H](O)CCC2(C)[C@H]2CCC3(C)C([C@H](C)CCC(=O)NS(=O)(=O)c4ccc(OC(F)(F)F)cc4)CC[C@H]3[C@@H]2[C@@H]1O. The van der Waals surface area contributed by atoms with Gasteiger partial charge in [0.15, 0.2) is 0 Å². The zero-order chi connectivity index (χ0) is 32.2. The van der Waals surface area contributed by atoms with Gasteiger partial charge in [-0.15, -0.1) is 13.2 Å². The second kappa shape index (κ2) is 12.1. The molecule has 0 saturated heterocycles. The summed E-state index contributed by atoms with van der Waals surface area (Å²) in [5.41, 5.74) is 0.157. The number of amides is 1. The molecule has 1 amide bonds. The van der Waals surface area contributed by atoms with Gasteiger partial charge in [0.25, 0.3) is 10.0 Å². The van der Waals surface area contributed by atoms with Crippen LogP contribution in [0.15, 0.2) is 29.2 Å². The van der Waals surface area contributed by atoms with E-state index in [1.54, 1.807) is 0 Å². The quantitative estimate of drug-likeness (QED) is 0.301. The number of ether oxygens (including phenoxy) is 1. The van der Waals surface area contributed by atoms with Crippen LogP contribution in [0.5, 0.6) is 5.75 Å². The van der Waals surface area contributed by atoms with Gasteiger partial charge in [-0.3, -0.25) is 4.79 Å². The van der Waals surface area contributed by atoms with E-state index >= 15 is 0 Å². The van der Waals surface area contributed by atoms with E-state index in [1.807, 2.05) is 0 Å². The number of alkyl halides is 3. The number of sulfonamides is 1. The number of hydrogen-bond acceptors (Lipinski definition) is 6. The van der Waals surface area contributed by atoms with Gasteiger partial charge in [0, 0.05) is 6.42 Å². The molecule has 0 aromatic heterocycles. The first-order chi connectivity index (χ1) is 20.5. The highest BCUT2D eigenvalue weighted by molar-refractivity contribution is 7.90. The van der Waals surface area contributed by atoms with Crippen molar-refractivity contribution in [1.29, 1.82) is 0 Å². The smallest absolute Gasteiger partial charge is 0.406 e. The molecule has 4 aliphatic carbocycles. The Morgan fingerprint density at radius 1 is 1.02 bits per heavy atom. The normalized spacial score (nSPS) is 39.5.